The zero-order chi connectivity index (χ0) is 6.57. The van der Waals surface area contributed by atoms with Gasteiger partial charge >= 0.3 is 0 Å². The van der Waals surface area contributed by atoms with Crippen LogP contribution in [-0.4, -0.2) is 16.2 Å². The molecule has 0 radical (unpaired) electrons. The third kappa shape index (κ3) is 3.33. The molecule has 48 valence electrons. The van der Waals surface area contributed by atoms with E-state index >= 15 is 0 Å². The summed E-state index contributed by atoms with van der Waals surface area (Å²) in [6, 6.07) is 0. The summed E-state index contributed by atoms with van der Waals surface area (Å²) >= 11 is 6.71. The van der Waals surface area contributed by atoms with E-state index in [-0.39, 0.29) is 10.5 Å². The summed E-state index contributed by atoms with van der Waals surface area (Å²) in [5, 5.41) is -0.293. The van der Waals surface area contributed by atoms with E-state index in [9.17, 15) is 4.79 Å². The number of hydrogen-bond donors (Lipinski definition) is 0. The number of rotatable bonds is 3. The van der Waals surface area contributed by atoms with Crippen LogP contribution in [0.2, 0.25) is 0 Å². The van der Waals surface area contributed by atoms with Gasteiger partial charge in [-0.2, -0.15) is 0 Å². The van der Waals surface area contributed by atoms with Crippen molar-refractivity contribution in [3.63, 3.8) is 0 Å². The van der Waals surface area contributed by atoms with Gasteiger partial charge in [-0.1, -0.05) is 6.92 Å². The Morgan fingerprint density at radius 3 is 2.50 bits per heavy atom. The average Bonchev–Trinajstić information content (AvgIpc) is 1.67. The minimum absolute atomic E-state index is 0.0401. The van der Waals surface area contributed by atoms with Gasteiger partial charge in [0.2, 0.25) is 5.24 Å². The fourth-order valence-corrected chi connectivity index (χ4v) is 1.14. The number of halogens is 1. The number of thioether (sulfide) groups is 1. The molecular formula is C5H9ClOS. The fourth-order valence-electron chi connectivity index (χ4n) is 0.316. The first kappa shape index (κ1) is 8.31. The average molecular weight is 153 g/mol. The van der Waals surface area contributed by atoms with Crippen molar-refractivity contribution in [2.75, 3.05) is 5.75 Å². The molecule has 0 fully saturated rings. The molecule has 0 aliphatic rings. The van der Waals surface area contributed by atoms with Gasteiger partial charge in [-0.05, 0) is 24.3 Å². The Morgan fingerprint density at radius 2 is 2.38 bits per heavy atom. The number of hydrogen-bond acceptors (Lipinski definition) is 2. The summed E-state index contributed by atoms with van der Waals surface area (Å²) in [5.74, 6) is 0.944. The molecule has 0 aromatic rings. The SMILES string of the molecule is CCSC(C)C(=O)Cl. The van der Waals surface area contributed by atoms with Gasteiger partial charge in [0.15, 0.2) is 0 Å². The predicted octanol–water partition coefficient (Wildman–Crippen LogP) is 1.89. The van der Waals surface area contributed by atoms with Crippen molar-refractivity contribution in [2.45, 2.75) is 19.1 Å². The van der Waals surface area contributed by atoms with Crippen LogP contribution >= 0.6 is 23.4 Å². The predicted molar refractivity (Wildman–Crippen MR) is 38.5 cm³/mol. The molecule has 1 unspecified atom stereocenters. The second-order valence-electron chi connectivity index (χ2n) is 1.40. The second kappa shape index (κ2) is 4.21. The van der Waals surface area contributed by atoms with Crippen LogP contribution in [0.25, 0.3) is 0 Å². The number of carbonyl (C=O) groups is 1. The monoisotopic (exact) mass is 152 g/mol. The Kier molecular flexibility index (Phi) is 4.38. The minimum Gasteiger partial charge on any atom is -0.280 e. The van der Waals surface area contributed by atoms with Crippen LogP contribution in [0.15, 0.2) is 0 Å². The highest BCUT2D eigenvalue weighted by Gasteiger charge is 2.06. The lowest BCUT2D eigenvalue weighted by Crippen LogP contribution is -2.05. The Bertz CT molecular complexity index is 84.5. The van der Waals surface area contributed by atoms with Crippen molar-refractivity contribution in [1.29, 1.82) is 0 Å². The van der Waals surface area contributed by atoms with Crippen LogP contribution in [0, 0.1) is 0 Å². The lowest BCUT2D eigenvalue weighted by atomic mass is 10.5. The Morgan fingerprint density at radius 1 is 1.88 bits per heavy atom. The molecule has 0 saturated heterocycles. The molecule has 0 aliphatic carbocycles. The van der Waals surface area contributed by atoms with Gasteiger partial charge in [0.25, 0.3) is 0 Å². The fraction of sp³-hybridized carbons (Fsp3) is 0.800. The minimum atomic E-state index is -0.253. The molecule has 0 spiro atoms. The third-order valence-electron chi connectivity index (χ3n) is 0.736. The lowest BCUT2D eigenvalue weighted by molar-refractivity contribution is -0.111. The summed E-state index contributed by atoms with van der Waals surface area (Å²) < 4.78 is 0. The van der Waals surface area contributed by atoms with E-state index in [1.165, 1.54) is 0 Å². The molecule has 0 rings (SSSR count). The highest BCUT2D eigenvalue weighted by Crippen LogP contribution is 2.11. The molecule has 8 heavy (non-hydrogen) atoms. The maximum atomic E-state index is 10.3. The van der Waals surface area contributed by atoms with Crippen LogP contribution in [0.3, 0.4) is 0 Å². The van der Waals surface area contributed by atoms with Gasteiger partial charge in [0.05, 0.1) is 5.25 Å². The maximum absolute atomic E-state index is 10.3. The summed E-state index contributed by atoms with van der Waals surface area (Å²) in [6.07, 6.45) is 0. The summed E-state index contributed by atoms with van der Waals surface area (Å²) in [4.78, 5) is 10.3. The first-order valence-electron chi connectivity index (χ1n) is 2.49. The molecule has 1 nitrogen and oxygen atoms in total. The van der Waals surface area contributed by atoms with E-state index in [1.54, 1.807) is 11.8 Å². The van der Waals surface area contributed by atoms with E-state index in [0.29, 0.717) is 0 Å². The standard InChI is InChI=1S/C5H9ClOS/c1-3-8-4(2)5(6)7/h4H,3H2,1-2H3. The van der Waals surface area contributed by atoms with Crippen LogP contribution in [0.5, 0.6) is 0 Å². The summed E-state index contributed by atoms with van der Waals surface area (Å²) in [5.41, 5.74) is 0. The normalized spacial score (nSPS) is 13.4. The molecule has 0 aliphatic heterocycles. The molecular weight excluding hydrogens is 144 g/mol. The number of carbonyl (C=O) groups excluding carboxylic acids is 1. The third-order valence-corrected chi connectivity index (χ3v) is 2.24. The van der Waals surface area contributed by atoms with Crippen molar-refractivity contribution in [2.24, 2.45) is 0 Å². The zero-order valence-electron chi connectivity index (χ0n) is 4.98. The highest BCUT2D eigenvalue weighted by atomic mass is 35.5. The van der Waals surface area contributed by atoms with Gasteiger partial charge in [-0.25, -0.2) is 0 Å². The van der Waals surface area contributed by atoms with Crippen molar-refractivity contribution < 1.29 is 4.79 Å². The van der Waals surface area contributed by atoms with Crippen LogP contribution < -0.4 is 0 Å². The maximum Gasteiger partial charge on any atom is 0.234 e. The Hall–Kier alpha value is 0.310. The molecule has 0 aromatic heterocycles. The highest BCUT2D eigenvalue weighted by molar-refractivity contribution is 8.00. The van der Waals surface area contributed by atoms with Crippen molar-refractivity contribution in [3.05, 3.63) is 0 Å². The van der Waals surface area contributed by atoms with E-state index in [1.807, 2.05) is 13.8 Å². The Balaban J connectivity index is 3.32. The lowest BCUT2D eigenvalue weighted by Gasteiger charge is -1.99. The summed E-state index contributed by atoms with van der Waals surface area (Å²) in [6.45, 7) is 3.81. The molecule has 0 heterocycles. The molecule has 0 N–H and O–H groups in total. The first-order valence-corrected chi connectivity index (χ1v) is 3.92. The molecule has 3 heteroatoms. The van der Waals surface area contributed by atoms with E-state index in [0.717, 1.165) is 5.75 Å². The molecule has 0 bridgehead atoms. The topological polar surface area (TPSA) is 17.1 Å². The van der Waals surface area contributed by atoms with E-state index < -0.39 is 0 Å². The first-order chi connectivity index (χ1) is 3.68. The van der Waals surface area contributed by atoms with Gasteiger partial charge in [0.1, 0.15) is 0 Å². The molecule has 0 amide bonds. The van der Waals surface area contributed by atoms with Crippen molar-refractivity contribution in [3.8, 4) is 0 Å². The molecule has 1 atom stereocenters. The van der Waals surface area contributed by atoms with Crippen LogP contribution in [-0.2, 0) is 4.79 Å². The largest absolute Gasteiger partial charge is 0.280 e. The van der Waals surface area contributed by atoms with Crippen LogP contribution in [0.1, 0.15) is 13.8 Å². The zero-order valence-corrected chi connectivity index (χ0v) is 6.55. The Labute approximate surface area is 58.8 Å². The molecule has 0 aromatic carbocycles. The molecule has 0 saturated carbocycles. The van der Waals surface area contributed by atoms with Gasteiger partial charge in [-0.3, -0.25) is 4.79 Å². The van der Waals surface area contributed by atoms with E-state index in [4.69, 9.17) is 11.6 Å². The summed E-state index contributed by atoms with van der Waals surface area (Å²) in [7, 11) is 0. The van der Waals surface area contributed by atoms with E-state index in [2.05, 4.69) is 0 Å². The van der Waals surface area contributed by atoms with Gasteiger partial charge in [0, 0.05) is 0 Å². The second-order valence-corrected chi connectivity index (χ2v) is 3.39. The van der Waals surface area contributed by atoms with Crippen LogP contribution in [0.4, 0.5) is 0 Å². The quantitative estimate of drug-likeness (QED) is 0.575. The smallest absolute Gasteiger partial charge is 0.234 e. The van der Waals surface area contributed by atoms with Gasteiger partial charge in [-0.15, -0.1) is 11.8 Å². The van der Waals surface area contributed by atoms with Gasteiger partial charge < -0.3 is 0 Å². The van der Waals surface area contributed by atoms with Crippen molar-refractivity contribution in [1.82, 2.24) is 0 Å². The van der Waals surface area contributed by atoms with Crippen molar-refractivity contribution >= 4 is 28.6 Å².